The number of nitrogens with zero attached hydrogens (tertiary/aromatic N) is 3. The number of aliphatic imine (C=N–C) groups is 1. The fourth-order valence-corrected chi connectivity index (χ4v) is 2.08. The fraction of sp³-hybridized carbons (Fsp3) is 0.900. The van der Waals surface area contributed by atoms with Crippen LogP contribution >= 0.6 is 11.8 Å². The normalized spacial score (nSPS) is 22.4. The Labute approximate surface area is 103 Å². The van der Waals surface area contributed by atoms with Crippen molar-refractivity contribution in [2.24, 2.45) is 4.99 Å². The van der Waals surface area contributed by atoms with E-state index in [0.29, 0.717) is 12.1 Å². The van der Waals surface area contributed by atoms with Crippen molar-refractivity contribution in [3.05, 3.63) is 0 Å². The lowest BCUT2D eigenvalue weighted by molar-refractivity contribution is 0.0628. The zero-order valence-electron chi connectivity index (χ0n) is 10.8. The van der Waals surface area contributed by atoms with Crippen molar-refractivity contribution in [1.29, 1.82) is 0 Å². The number of rotatable bonds is 5. The number of thioether (sulfide) groups is 1. The molecule has 1 unspecified atom stereocenters. The largest absolute Gasteiger partial charge is 0.282 e. The van der Waals surface area contributed by atoms with Crippen LogP contribution in [-0.4, -0.2) is 46.9 Å². The Morgan fingerprint density at radius 3 is 2.38 bits per heavy atom. The molecule has 1 aliphatic heterocycles. The van der Waals surface area contributed by atoms with Crippen LogP contribution in [0.3, 0.4) is 0 Å². The number of hydrazine groups is 2. The molecule has 5 nitrogen and oxygen atoms in total. The van der Waals surface area contributed by atoms with E-state index in [1.165, 1.54) is 0 Å². The maximum absolute atomic E-state index is 4.48. The maximum Gasteiger partial charge on any atom is 0.164 e. The van der Waals surface area contributed by atoms with Gasteiger partial charge in [-0.15, -0.1) is 11.8 Å². The topological polar surface area (TPSA) is 42.9 Å². The fourth-order valence-electron chi connectivity index (χ4n) is 1.52. The highest BCUT2D eigenvalue weighted by atomic mass is 32.2. The van der Waals surface area contributed by atoms with Gasteiger partial charge in [0.15, 0.2) is 5.50 Å². The van der Waals surface area contributed by atoms with E-state index in [1.807, 2.05) is 11.3 Å². The third-order valence-electron chi connectivity index (χ3n) is 1.96. The van der Waals surface area contributed by atoms with Crippen LogP contribution in [-0.2, 0) is 0 Å². The smallest absolute Gasteiger partial charge is 0.164 e. The van der Waals surface area contributed by atoms with Crippen LogP contribution in [0, 0.1) is 0 Å². The summed E-state index contributed by atoms with van der Waals surface area (Å²) in [6.07, 6.45) is 3.95. The lowest BCUT2D eigenvalue weighted by Crippen LogP contribution is -2.58. The van der Waals surface area contributed by atoms with Crippen molar-refractivity contribution in [2.75, 3.05) is 12.9 Å². The quantitative estimate of drug-likeness (QED) is 0.758. The van der Waals surface area contributed by atoms with Gasteiger partial charge in [0.1, 0.15) is 13.0 Å². The molecule has 0 spiro atoms. The predicted molar refractivity (Wildman–Crippen MR) is 70.9 cm³/mol. The highest BCUT2D eigenvalue weighted by Gasteiger charge is 2.23. The monoisotopic (exact) mass is 245 g/mol. The summed E-state index contributed by atoms with van der Waals surface area (Å²) in [5, 5.41) is 4.15. The van der Waals surface area contributed by atoms with Crippen LogP contribution in [0.25, 0.3) is 0 Å². The van der Waals surface area contributed by atoms with Gasteiger partial charge >= 0.3 is 0 Å². The predicted octanol–water partition coefficient (Wildman–Crippen LogP) is 1.06. The summed E-state index contributed by atoms with van der Waals surface area (Å²) in [6, 6.07) is 0.835. The second-order valence-corrected chi connectivity index (χ2v) is 5.37. The average Bonchev–Trinajstić information content (AvgIpc) is 2.16. The Morgan fingerprint density at radius 2 is 1.88 bits per heavy atom. The molecule has 0 aromatic heterocycles. The van der Waals surface area contributed by atoms with Crippen LogP contribution in [0.15, 0.2) is 4.99 Å². The van der Waals surface area contributed by atoms with Crippen LogP contribution < -0.4 is 10.9 Å². The van der Waals surface area contributed by atoms with Gasteiger partial charge in [0, 0.05) is 12.1 Å². The molecule has 1 aliphatic rings. The standard InChI is InChI=1S/C10H23N5S/c1-8(2)12-14-6-11-10(16-5)15(7-14)13-9(3)4/h6,8-10,12-13H,7H2,1-5H3. The Kier molecular flexibility index (Phi) is 5.54. The van der Waals surface area contributed by atoms with E-state index in [1.54, 1.807) is 11.8 Å². The highest BCUT2D eigenvalue weighted by molar-refractivity contribution is 7.99. The zero-order chi connectivity index (χ0) is 12.1. The van der Waals surface area contributed by atoms with E-state index in [2.05, 4.69) is 54.8 Å². The van der Waals surface area contributed by atoms with Gasteiger partial charge < -0.3 is 0 Å². The van der Waals surface area contributed by atoms with Crippen LogP contribution in [0.2, 0.25) is 0 Å². The first-order chi connectivity index (χ1) is 7.52. The molecule has 0 aliphatic carbocycles. The average molecular weight is 245 g/mol. The maximum atomic E-state index is 4.48. The van der Waals surface area contributed by atoms with Gasteiger partial charge in [-0.3, -0.25) is 5.01 Å². The summed E-state index contributed by atoms with van der Waals surface area (Å²) >= 11 is 1.73. The van der Waals surface area contributed by atoms with Crippen molar-refractivity contribution >= 4 is 18.1 Å². The molecule has 1 rings (SSSR count). The van der Waals surface area contributed by atoms with Crippen molar-refractivity contribution in [3.63, 3.8) is 0 Å². The second kappa shape index (κ2) is 6.44. The summed E-state index contributed by atoms with van der Waals surface area (Å²) in [5.74, 6) is 0. The van der Waals surface area contributed by atoms with E-state index in [9.17, 15) is 0 Å². The second-order valence-electron chi connectivity index (χ2n) is 4.48. The molecule has 0 fully saturated rings. The highest BCUT2D eigenvalue weighted by Crippen LogP contribution is 2.15. The molecule has 0 saturated heterocycles. The third kappa shape index (κ3) is 4.29. The van der Waals surface area contributed by atoms with Crippen molar-refractivity contribution in [3.8, 4) is 0 Å². The summed E-state index contributed by atoms with van der Waals surface area (Å²) in [7, 11) is 0. The Hall–Kier alpha value is -0.300. The lowest BCUT2D eigenvalue weighted by Gasteiger charge is -2.38. The van der Waals surface area contributed by atoms with Gasteiger partial charge in [0.05, 0.1) is 0 Å². The molecular weight excluding hydrogens is 222 g/mol. The van der Waals surface area contributed by atoms with Crippen LogP contribution in [0.1, 0.15) is 27.7 Å². The van der Waals surface area contributed by atoms with E-state index < -0.39 is 0 Å². The number of nitrogens with one attached hydrogen (secondary N) is 2. The SMILES string of the molecule is CSC1N=CN(NC(C)C)CN1NC(C)C. The van der Waals surface area contributed by atoms with Crippen molar-refractivity contribution < 1.29 is 0 Å². The van der Waals surface area contributed by atoms with Gasteiger partial charge in [-0.2, -0.15) is 5.01 Å². The van der Waals surface area contributed by atoms with Gasteiger partial charge in [-0.05, 0) is 34.0 Å². The van der Waals surface area contributed by atoms with E-state index in [0.717, 1.165) is 6.67 Å². The Morgan fingerprint density at radius 1 is 1.25 bits per heavy atom. The summed E-state index contributed by atoms with van der Waals surface area (Å²) < 4.78 is 0. The summed E-state index contributed by atoms with van der Waals surface area (Å²) in [6.45, 7) is 9.31. The first kappa shape index (κ1) is 13.8. The zero-order valence-corrected chi connectivity index (χ0v) is 11.6. The van der Waals surface area contributed by atoms with Crippen molar-refractivity contribution in [1.82, 2.24) is 20.9 Å². The minimum absolute atomic E-state index is 0.160. The summed E-state index contributed by atoms with van der Waals surface area (Å²) in [4.78, 5) is 4.48. The molecule has 0 amide bonds. The minimum Gasteiger partial charge on any atom is -0.282 e. The first-order valence-electron chi connectivity index (χ1n) is 5.64. The molecule has 0 radical (unpaired) electrons. The van der Waals surface area contributed by atoms with E-state index in [4.69, 9.17) is 0 Å². The number of hydrogen-bond acceptors (Lipinski definition) is 6. The molecule has 0 aromatic carbocycles. The molecule has 6 heteroatoms. The molecule has 94 valence electrons. The summed E-state index contributed by atoms with van der Waals surface area (Å²) in [5.41, 5.74) is 6.89. The first-order valence-corrected chi connectivity index (χ1v) is 6.93. The molecule has 1 heterocycles. The molecule has 0 saturated carbocycles. The molecular formula is C10H23N5S. The Bertz CT molecular complexity index is 231. The molecule has 16 heavy (non-hydrogen) atoms. The van der Waals surface area contributed by atoms with Crippen molar-refractivity contribution in [2.45, 2.75) is 45.3 Å². The van der Waals surface area contributed by atoms with Gasteiger partial charge in [-0.25, -0.2) is 15.8 Å². The van der Waals surface area contributed by atoms with Gasteiger partial charge in [0.25, 0.3) is 0 Å². The van der Waals surface area contributed by atoms with E-state index in [-0.39, 0.29) is 5.50 Å². The van der Waals surface area contributed by atoms with Crippen LogP contribution in [0.5, 0.6) is 0 Å². The van der Waals surface area contributed by atoms with Crippen LogP contribution in [0.4, 0.5) is 0 Å². The van der Waals surface area contributed by atoms with E-state index >= 15 is 0 Å². The number of hydrogen-bond donors (Lipinski definition) is 2. The molecule has 0 aromatic rings. The molecule has 2 N–H and O–H groups in total. The Balaban J connectivity index is 2.57. The van der Waals surface area contributed by atoms with Gasteiger partial charge in [0.2, 0.25) is 0 Å². The minimum atomic E-state index is 0.160. The molecule has 0 bridgehead atoms. The van der Waals surface area contributed by atoms with Gasteiger partial charge in [-0.1, -0.05) is 0 Å². The molecule has 1 atom stereocenters. The lowest BCUT2D eigenvalue weighted by atomic mass is 10.4. The third-order valence-corrected chi connectivity index (χ3v) is 2.76.